The summed E-state index contributed by atoms with van der Waals surface area (Å²) in [6.07, 6.45) is 1.60. The van der Waals surface area contributed by atoms with Crippen molar-refractivity contribution in [3.63, 3.8) is 0 Å². The lowest BCUT2D eigenvalue weighted by molar-refractivity contribution is -0.141. The van der Waals surface area contributed by atoms with Crippen LogP contribution >= 0.6 is 0 Å². The highest BCUT2D eigenvalue weighted by atomic mass is 16.5. The van der Waals surface area contributed by atoms with E-state index in [4.69, 9.17) is 9.47 Å². The maximum absolute atomic E-state index is 13.2. The number of hydrogen-bond donors (Lipinski definition) is 0. The predicted molar refractivity (Wildman–Crippen MR) is 109 cm³/mol. The normalized spacial score (nSPS) is 10.7. The maximum Gasteiger partial charge on any atom is 0.310 e. The molecule has 0 saturated heterocycles. The second kappa shape index (κ2) is 8.13. The molecule has 1 heterocycles. The number of aryl methyl sites for hydroxylation is 1. The molecule has 0 aliphatic heterocycles. The minimum absolute atomic E-state index is 0.0687. The highest BCUT2D eigenvalue weighted by Crippen LogP contribution is 2.34. The molecule has 0 N–H and O–H groups in total. The molecule has 3 rings (SSSR count). The number of benzene rings is 2. The Balaban J connectivity index is 2.21. The lowest BCUT2D eigenvalue weighted by atomic mass is 10.0. The Labute approximate surface area is 164 Å². The first-order valence-electron chi connectivity index (χ1n) is 9.03. The summed E-state index contributed by atoms with van der Waals surface area (Å²) < 4.78 is 12.3. The van der Waals surface area contributed by atoms with E-state index in [-0.39, 0.29) is 24.9 Å². The quantitative estimate of drug-likeness (QED) is 0.477. The van der Waals surface area contributed by atoms with Gasteiger partial charge in [-0.15, -0.1) is 0 Å². The average Bonchev–Trinajstić information content (AvgIpc) is 2.99. The SMILES string of the molecule is C=CCOC(=O)Cc1c(C)n(C(=O)c2ccccc2)c2ccc(OC)c(C)c12. The summed E-state index contributed by atoms with van der Waals surface area (Å²) in [4.78, 5) is 25.5. The molecule has 0 saturated carbocycles. The molecule has 144 valence electrons. The van der Waals surface area contributed by atoms with Crippen molar-refractivity contribution >= 4 is 22.8 Å². The number of rotatable bonds is 6. The van der Waals surface area contributed by atoms with E-state index in [1.54, 1.807) is 23.8 Å². The second-order valence-corrected chi connectivity index (χ2v) is 6.51. The third-order valence-electron chi connectivity index (χ3n) is 4.84. The van der Waals surface area contributed by atoms with Gasteiger partial charge in [-0.05, 0) is 43.7 Å². The first-order valence-corrected chi connectivity index (χ1v) is 9.03. The van der Waals surface area contributed by atoms with Gasteiger partial charge in [0.15, 0.2) is 0 Å². The summed E-state index contributed by atoms with van der Waals surface area (Å²) in [5.74, 6) is 0.201. The van der Waals surface area contributed by atoms with Gasteiger partial charge in [0.2, 0.25) is 0 Å². The van der Waals surface area contributed by atoms with E-state index < -0.39 is 0 Å². The Morgan fingerprint density at radius 2 is 1.82 bits per heavy atom. The van der Waals surface area contributed by atoms with Crippen molar-refractivity contribution in [3.8, 4) is 5.75 Å². The first kappa shape index (κ1) is 19.4. The fraction of sp³-hybridized carbons (Fsp3) is 0.217. The van der Waals surface area contributed by atoms with E-state index >= 15 is 0 Å². The number of esters is 1. The van der Waals surface area contributed by atoms with Crippen LogP contribution in [0.4, 0.5) is 0 Å². The fourth-order valence-corrected chi connectivity index (χ4v) is 3.50. The Kier molecular flexibility index (Phi) is 5.64. The molecule has 0 amide bonds. The third kappa shape index (κ3) is 3.43. The molecule has 1 aromatic heterocycles. The van der Waals surface area contributed by atoms with E-state index in [1.807, 2.05) is 44.2 Å². The van der Waals surface area contributed by atoms with Gasteiger partial charge in [-0.1, -0.05) is 30.9 Å². The molecule has 3 aromatic rings. The molecule has 5 heteroatoms. The van der Waals surface area contributed by atoms with Crippen LogP contribution in [0.2, 0.25) is 0 Å². The minimum Gasteiger partial charge on any atom is -0.496 e. The topological polar surface area (TPSA) is 57.5 Å². The lowest BCUT2D eigenvalue weighted by Crippen LogP contribution is -2.14. The van der Waals surface area contributed by atoms with Crippen molar-refractivity contribution < 1.29 is 19.1 Å². The monoisotopic (exact) mass is 377 g/mol. The molecule has 0 bridgehead atoms. The molecule has 0 unspecified atom stereocenters. The Hall–Kier alpha value is -3.34. The zero-order valence-electron chi connectivity index (χ0n) is 16.3. The Morgan fingerprint density at radius 1 is 1.11 bits per heavy atom. The number of aromatic nitrogens is 1. The van der Waals surface area contributed by atoms with Crippen molar-refractivity contribution in [2.75, 3.05) is 13.7 Å². The molecule has 2 aromatic carbocycles. The molecule has 0 atom stereocenters. The van der Waals surface area contributed by atoms with Crippen molar-refractivity contribution in [1.82, 2.24) is 4.57 Å². The van der Waals surface area contributed by atoms with E-state index in [1.165, 1.54) is 6.08 Å². The molecule has 0 aliphatic rings. The molecular formula is C23H23NO4. The molecular weight excluding hydrogens is 354 g/mol. The molecule has 28 heavy (non-hydrogen) atoms. The molecule has 0 spiro atoms. The molecule has 0 radical (unpaired) electrons. The molecule has 5 nitrogen and oxygen atoms in total. The van der Waals surface area contributed by atoms with Crippen LogP contribution in [0, 0.1) is 13.8 Å². The first-order chi connectivity index (χ1) is 13.5. The standard InChI is InChI=1S/C23H23NO4/c1-5-13-28-21(25)14-18-16(3)24(23(26)17-9-7-6-8-10-17)19-11-12-20(27-4)15(2)22(18)19/h5-12H,1,13-14H2,2-4H3. The van der Waals surface area contributed by atoms with Crippen LogP contribution in [-0.4, -0.2) is 30.2 Å². The average molecular weight is 377 g/mol. The number of fused-ring (bicyclic) bond motifs is 1. The highest BCUT2D eigenvalue weighted by Gasteiger charge is 2.24. The zero-order chi connectivity index (χ0) is 20.3. The van der Waals surface area contributed by atoms with Gasteiger partial charge >= 0.3 is 5.97 Å². The van der Waals surface area contributed by atoms with Gasteiger partial charge in [0.1, 0.15) is 12.4 Å². The summed E-state index contributed by atoms with van der Waals surface area (Å²) in [6, 6.07) is 12.8. The fourth-order valence-electron chi connectivity index (χ4n) is 3.50. The van der Waals surface area contributed by atoms with Crippen LogP contribution in [0.15, 0.2) is 55.1 Å². The third-order valence-corrected chi connectivity index (χ3v) is 4.84. The van der Waals surface area contributed by atoms with Crippen molar-refractivity contribution in [2.45, 2.75) is 20.3 Å². The summed E-state index contributed by atoms with van der Waals surface area (Å²) >= 11 is 0. The van der Waals surface area contributed by atoms with Gasteiger partial charge in [-0.25, -0.2) is 0 Å². The van der Waals surface area contributed by atoms with Crippen LogP contribution in [0.3, 0.4) is 0 Å². The van der Waals surface area contributed by atoms with E-state index in [2.05, 4.69) is 6.58 Å². The minimum atomic E-state index is -0.364. The van der Waals surface area contributed by atoms with Crippen LogP contribution < -0.4 is 4.74 Å². The Bertz CT molecular complexity index is 1050. The van der Waals surface area contributed by atoms with Crippen LogP contribution in [-0.2, 0) is 16.0 Å². The second-order valence-electron chi connectivity index (χ2n) is 6.51. The lowest BCUT2D eigenvalue weighted by Gasteiger charge is -2.09. The van der Waals surface area contributed by atoms with Gasteiger partial charge in [-0.2, -0.15) is 0 Å². The van der Waals surface area contributed by atoms with Gasteiger partial charge in [0.25, 0.3) is 5.91 Å². The van der Waals surface area contributed by atoms with E-state index in [0.717, 1.165) is 27.7 Å². The highest BCUT2D eigenvalue weighted by molar-refractivity contribution is 6.05. The Morgan fingerprint density at radius 3 is 2.46 bits per heavy atom. The van der Waals surface area contributed by atoms with Crippen LogP contribution in [0.1, 0.15) is 27.2 Å². The number of nitrogens with zero attached hydrogens (tertiary/aromatic N) is 1. The number of methoxy groups -OCH3 is 1. The van der Waals surface area contributed by atoms with Gasteiger partial charge < -0.3 is 9.47 Å². The maximum atomic E-state index is 13.2. The van der Waals surface area contributed by atoms with Gasteiger partial charge in [0, 0.05) is 22.2 Å². The number of carbonyl (C=O) groups excluding carboxylic acids is 2. The zero-order valence-corrected chi connectivity index (χ0v) is 16.3. The molecule has 0 fully saturated rings. The summed E-state index contributed by atoms with van der Waals surface area (Å²) in [7, 11) is 1.60. The largest absolute Gasteiger partial charge is 0.496 e. The number of hydrogen-bond acceptors (Lipinski definition) is 4. The van der Waals surface area contributed by atoms with Crippen molar-refractivity contribution in [1.29, 1.82) is 0 Å². The van der Waals surface area contributed by atoms with E-state index in [9.17, 15) is 9.59 Å². The number of ether oxygens (including phenoxy) is 2. The number of carbonyl (C=O) groups is 2. The predicted octanol–water partition coefficient (Wildman–Crippen LogP) is 4.23. The summed E-state index contributed by atoms with van der Waals surface area (Å²) in [6.45, 7) is 7.49. The van der Waals surface area contributed by atoms with Gasteiger partial charge in [0.05, 0.1) is 19.0 Å². The van der Waals surface area contributed by atoms with Crippen LogP contribution in [0.25, 0.3) is 10.9 Å². The molecule has 0 aliphatic carbocycles. The van der Waals surface area contributed by atoms with E-state index in [0.29, 0.717) is 11.3 Å². The van der Waals surface area contributed by atoms with Crippen molar-refractivity contribution in [2.24, 2.45) is 0 Å². The van der Waals surface area contributed by atoms with Gasteiger partial charge in [-0.3, -0.25) is 14.2 Å². The van der Waals surface area contributed by atoms with Crippen molar-refractivity contribution in [3.05, 3.63) is 77.5 Å². The summed E-state index contributed by atoms with van der Waals surface area (Å²) in [5, 5.41) is 0.844. The van der Waals surface area contributed by atoms with Crippen LogP contribution in [0.5, 0.6) is 5.75 Å². The summed E-state index contributed by atoms with van der Waals surface area (Å²) in [5.41, 5.74) is 3.70. The smallest absolute Gasteiger partial charge is 0.310 e.